The van der Waals surface area contributed by atoms with Crippen molar-refractivity contribution in [1.82, 2.24) is 20.9 Å². The summed E-state index contributed by atoms with van der Waals surface area (Å²) in [6.45, 7) is 3.67. The lowest BCUT2D eigenvalue weighted by Crippen LogP contribution is -2.41. The second-order valence-corrected chi connectivity index (χ2v) is 5.77. The number of carbonyl (C=O) groups is 1. The van der Waals surface area contributed by atoms with Gasteiger partial charge in [0.25, 0.3) is 5.91 Å². The van der Waals surface area contributed by atoms with Crippen molar-refractivity contribution in [2.24, 2.45) is 4.99 Å². The molecule has 0 radical (unpaired) electrons. The highest BCUT2D eigenvalue weighted by atomic mass is 32.1. The van der Waals surface area contributed by atoms with Crippen molar-refractivity contribution in [3.63, 3.8) is 0 Å². The summed E-state index contributed by atoms with van der Waals surface area (Å²) in [6, 6.07) is 3.30. The van der Waals surface area contributed by atoms with Gasteiger partial charge in [-0.15, -0.1) is 11.3 Å². The largest absolute Gasteiger partial charge is 0.459 e. The number of thiazole rings is 1. The molecule has 2 heterocycles. The lowest BCUT2D eigenvalue weighted by molar-refractivity contribution is 0.0926. The molecule has 2 aromatic rings. The zero-order valence-corrected chi connectivity index (χ0v) is 13.4. The van der Waals surface area contributed by atoms with Gasteiger partial charge in [0, 0.05) is 31.2 Å². The predicted molar refractivity (Wildman–Crippen MR) is 86.1 cm³/mol. The number of guanidine groups is 1. The number of nitrogens with one attached hydrogen (secondary N) is 3. The van der Waals surface area contributed by atoms with Crippen molar-refractivity contribution in [3.8, 4) is 0 Å². The first-order valence-corrected chi connectivity index (χ1v) is 7.68. The molecule has 0 aliphatic rings. The molecule has 1 amide bonds. The van der Waals surface area contributed by atoms with Gasteiger partial charge in [-0.05, 0) is 19.1 Å². The smallest absolute Gasteiger partial charge is 0.287 e. The molecule has 0 bridgehead atoms. The van der Waals surface area contributed by atoms with Gasteiger partial charge in [0.2, 0.25) is 0 Å². The van der Waals surface area contributed by atoms with E-state index in [2.05, 4.69) is 25.9 Å². The lowest BCUT2D eigenvalue weighted by atomic mass is 10.4. The number of aryl methyl sites for hydroxylation is 1. The van der Waals surface area contributed by atoms with Crippen LogP contribution >= 0.6 is 11.3 Å². The number of hydrogen-bond acceptors (Lipinski definition) is 5. The number of aliphatic imine (C=N–C) groups is 1. The normalized spacial score (nSPS) is 11.3. The number of carbonyl (C=O) groups excluding carboxylic acids is 1. The first-order valence-electron chi connectivity index (χ1n) is 6.86. The summed E-state index contributed by atoms with van der Waals surface area (Å²) in [4.78, 5) is 21.2. The molecular weight excluding hydrogens is 302 g/mol. The van der Waals surface area contributed by atoms with E-state index in [4.69, 9.17) is 4.42 Å². The third-order valence-corrected chi connectivity index (χ3v) is 3.66. The number of aromatic nitrogens is 1. The zero-order valence-electron chi connectivity index (χ0n) is 12.5. The first kappa shape index (κ1) is 16.0. The fraction of sp³-hybridized carbons (Fsp3) is 0.357. The predicted octanol–water partition coefficient (Wildman–Crippen LogP) is 1.14. The van der Waals surface area contributed by atoms with E-state index in [0.29, 0.717) is 31.4 Å². The van der Waals surface area contributed by atoms with E-state index < -0.39 is 0 Å². The highest BCUT2D eigenvalue weighted by molar-refractivity contribution is 7.11. The van der Waals surface area contributed by atoms with E-state index in [1.54, 1.807) is 30.5 Å². The second kappa shape index (κ2) is 8.18. The van der Waals surface area contributed by atoms with Gasteiger partial charge in [-0.2, -0.15) is 0 Å². The molecule has 2 rings (SSSR count). The fourth-order valence-electron chi connectivity index (χ4n) is 1.71. The Hall–Kier alpha value is -2.35. The molecule has 118 valence electrons. The minimum Gasteiger partial charge on any atom is -0.459 e. The van der Waals surface area contributed by atoms with Crippen molar-refractivity contribution in [1.29, 1.82) is 0 Å². The van der Waals surface area contributed by atoms with Crippen LogP contribution in [0.1, 0.15) is 20.4 Å². The Morgan fingerprint density at radius 3 is 2.82 bits per heavy atom. The zero-order chi connectivity index (χ0) is 15.8. The Kier molecular flexibility index (Phi) is 5.96. The molecular formula is C14H19N5O2S. The summed E-state index contributed by atoms with van der Waals surface area (Å²) in [5.41, 5.74) is 0. The molecule has 3 N–H and O–H groups in total. The maximum atomic E-state index is 11.6. The number of amides is 1. The molecule has 0 aliphatic carbocycles. The van der Waals surface area contributed by atoms with Gasteiger partial charge in [0.05, 0.1) is 12.8 Å². The van der Waals surface area contributed by atoms with Crippen LogP contribution < -0.4 is 16.0 Å². The molecule has 0 unspecified atom stereocenters. The Morgan fingerprint density at radius 2 is 2.18 bits per heavy atom. The molecule has 0 aliphatic heterocycles. The minimum atomic E-state index is -0.229. The lowest BCUT2D eigenvalue weighted by Gasteiger charge is -2.11. The molecule has 0 fully saturated rings. The van der Waals surface area contributed by atoms with Gasteiger partial charge >= 0.3 is 0 Å². The summed E-state index contributed by atoms with van der Waals surface area (Å²) in [7, 11) is 1.70. The summed E-state index contributed by atoms with van der Waals surface area (Å²) < 4.78 is 5.01. The SMILES string of the molecule is CN=C(NCCNC(=O)c1ccco1)NCc1ncc(C)s1. The van der Waals surface area contributed by atoms with Crippen LogP contribution in [0.3, 0.4) is 0 Å². The maximum Gasteiger partial charge on any atom is 0.287 e. The highest BCUT2D eigenvalue weighted by Crippen LogP contribution is 2.10. The molecule has 8 heteroatoms. The Balaban J connectivity index is 1.65. The van der Waals surface area contributed by atoms with Crippen LogP contribution in [0.4, 0.5) is 0 Å². The van der Waals surface area contributed by atoms with Crippen molar-refractivity contribution >= 4 is 23.2 Å². The Labute approximate surface area is 132 Å². The van der Waals surface area contributed by atoms with Gasteiger partial charge in [-0.25, -0.2) is 4.98 Å². The summed E-state index contributed by atoms with van der Waals surface area (Å²) in [6.07, 6.45) is 3.32. The first-order chi connectivity index (χ1) is 10.7. The van der Waals surface area contributed by atoms with E-state index >= 15 is 0 Å². The van der Waals surface area contributed by atoms with Crippen LogP contribution in [0.25, 0.3) is 0 Å². The fourth-order valence-corrected chi connectivity index (χ4v) is 2.44. The summed E-state index contributed by atoms with van der Waals surface area (Å²) >= 11 is 1.65. The quantitative estimate of drug-likeness (QED) is 0.421. The van der Waals surface area contributed by atoms with Gasteiger partial charge in [0.15, 0.2) is 11.7 Å². The average Bonchev–Trinajstić information content (AvgIpc) is 3.18. The number of nitrogens with zero attached hydrogens (tertiary/aromatic N) is 2. The van der Waals surface area contributed by atoms with Crippen LogP contribution in [-0.4, -0.2) is 37.0 Å². The van der Waals surface area contributed by atoms with Gasteiger partial charge in [-0.1, -0.05) is 0 Å². The van der Waals surface area contributed by atoms with Gasteiger partial charge in [0.1, 0.15) is 5.01 Å². The van der Waals surface area contributed by atoms with E-state index in [1.807, 2.05) is 13.1 Å². The van der Waals surface area contributed by atoms with Crippen molar-refractivity contribution in [2.75, 3.05) is 20.1 Å². The molecule has 0 atom stereocenters. The molecule has 0 saturated carbocycles. The molecule has 7 nitrogen and oxygen atoms in total. The summed E-state index contributed by atoms with van der Waals surface area (Å²) in [5.74, 6) is 0.745. The third kappa shape index (κ3) is 4.88. The number of hydrogen-bond donors (Lipinski definition) is 3. The van der Waals surface area contributed by atoms with Crippen LogP contribution in [0.15, 0.2) is 34.0 Å². The van der Waals surface area contributed by atoms with E-state index in [0.717, 1.165) is 5.01 Å². The van der Waals surface area contributed by atoms with Crippen LogP contribution in [0.5, 0.6) is 0 Å². The topological polar surface area (TPSA) is 91.5 Å². The van der Waals surface area contributed by atoms with E-state index in [-0.39, 0.29) is 5.91 Å². The van der Waals surface area contributed by atoms with E-state index in [9.17, 15) is 4.79 Å². The molecule has 0 aromatic carbocycles. The standard InChI is InChI=1S/C14H19N5O2S/c1-10-8-18-12(22-10)9-19-14(15-2)17-6-5-16-13(20)11-4-3-7-21-11/h3-4,7-8H,5-6,9H2,1-2H3,(H,16,20)(H2,15,17,19). The number of furan rings is 1. The van der Waals surface area contributed by atoms with Crippen molar-refractivity contribution < 1.29 is 9.21 Å². The van der Waals surface area contributed by atoms with Crippen LogP contribution in [0.2, 0.25) is 0 Å². The molecule has 0 spiro atoms. The highest BCUT2D eigenvalue weighted by Gasteiger charge is 2.07. The van der Waals surface area contributed by atoms with Crippen molar-refractivity contribution in [2.45, 2.75) is 13.5 Å². The minimum absolute atomic E-state index is 0.229. The second-order valence-electron chi connectivity index (χ2n) is 4.45. The van der Waals surface area contributed by atoms with Gasteiger partial charge in [-0.3, -0.25) is 9.79 Å². The van der Waals surface area contributed by atoms with Crippen LogP contribution in [-0.2, 0) is 6.54 Å². The van der Waals surface area contributed by atoms with E-state index in [1.165, 1.54) is 11.1 Å². The molecule has 2 aromatic heterocycles. The average molecular weight is 321 g/mol. The maximum absolute atomic E-state index is 11.6. The van der Waals surface area contributed by atoms with Crippen LogP contribution in [0, 0.1) is 6.92 Å². The third-order valence-electron chi connectivity index (χ3n) is 2.75. The summed E-state index contributed by atoms with van der Waals surface area (Å²) in [5, 5.41) is 10.0. The Morgan fingerprint density at radius 1 is 1.36 bits per heavy atom. The molecule has 0 saturated heterocycles. The van der Waals surface area contributed by atoms with Gasteiger partial charge < -0.3 is 20.4 Å². The number of rotatable bonds is 6. The monoisotopic (exact) mass is 321 g/mol. The molecule has 22 heavy (non-hydrogen) atoms. The Bertz CT molecular complexity index is 621. The van der Waals surface area contributed by atoms with Crippen molar-refractivity contribution in [3.05, 3.63) is 40.2 Å².